The quantitative estimate of drug-likeness (QED) is 0.729. The topological polar surface area (TPSA) is 37.3 Å². The van der Waals surface area contributed by atoms with Crippen LogP contribution in [0.3, 0.4) is 0 Å². The lowest BCUT2D eigenvalue weighted by Crippen LogP contribution is -2.58. The molecule has 4 aliphatic rings. The van der Waals surface area contributed by atoms with Crippen molar-refractivity contribution in [2.24, 2.45) is 40.4 Å². The third-order valence-corrected chi connectivity index (χ3v) is 10.0. The second kappa shape index (κ2) is 5.81. The fraction of sp³-hybridized carbons (Fsp3) is 0.957. The molecule has 4 aliphatic carbocycles. The number of hydrogen-bond acceptors (Lipinski definition) is 2. The predicted molar refractivity (Wildman–Crippen MR) is 101 cm³/mol. The smallest absolute Gasteiger partial charge is 0.133 e. The van der Waals surface area contributed by atoms with E-state index in [1.165, 1.54) is 32.1 Å². The van der Waals surface area contributed by atoms with Gasteiger partial charge in [-0.3, -0.25) is 4.79 Å². The van der Waals surface area contributed by atoms with Crippen LogP contribution in [-0.4, -0.2) is 16.5 Å². The van der Waals surface area contributed by atoms with Gasteiger partial charge in [0.25, 0.3) is 0 Å². The minimum atomic E-state index is -0.427. The second-order valence-electron chi connectivity index (χ2n) is 10.6. The monoisotopic (exact) mass is 346 g/mol. The van der Waals surface area contributed by atoms with Gasteiger partial charge in [0.15, 0.2) is 0 Å². The van der Waals surface area contributed by atoms with Gasteiger partial charge in [0.2, 0.25) is 0 Å². The van der Waals surface area contributed by atoms with E-state index in [4.69, 9.17) is 0 Å². The normalized spacial score (nSPS) is 55.4. The molecular formula is C23H38O2. The van der Waals surface area contributed by atoms with Crippen LogP contribution in [-0.2, 0) is 4.79 Å². The highest BCUT2D eigenvalue weighted by Crippen LogP contribution is 2.69. The molecule has 0 aromatic rings. The first-order valence-corrected chi connectivity index (χ1v) is 11.0. The number of ketones is 1. The molecule has 0 aromatic carbocycles. The van der Waals surface area contributed by atoms with Gasteiger partial charge in [-0.2, -0.15) is 0 Å². The molecule has 0 saturated heterocycles. The van der Waals surface area contributed by atoms with Gasteiger partial charge in [-0.15, -0.1) is 0 Å². The highest BCUT2D eigenvalue weighted by Gasteiger charge is 2.65. The summed E-state index contributed by atoms with van der Waals surface area (Å²) in [6.07, 6.45) is 11.0. The fourth-order valence-corrected chi connectivity index (χ4v) is 8.41. The van der Waals surface area contributed by atoms with E-state index in [9.17, 15) is 9.90 Å². The maximum atomic E-state index is 12.2. The lowest BCUT2D eigenvalue weighted by molar-refractivity contribution is -0.169. The van der Waals surface area contributed by atoms with Gasteiger partial charge < -0.3 is 5.11 Å². The Hall–Kier alpha value is -0.370. The molecule has 0 spiro atoms. The Balaban J connectivity index is 1.65. The fourth-order valence-electron chi connectivity index (χ4n) is 8.41. The van der Waals surface area contributed by atoms with Gasteiger partial charge in [-0.1, -0.05) is 34.1 Å². The summed E-state index contributed by atoms with van der Waals surface area (Å²) in [7, 11) is 0. The average molecular weight is 347 g/mol. The van der Waals surface area contributed by atoms with Crippen LogP contribution in [0.5, 0.6) is 0 Å². The standard InChI is InChI=1S/C23H38O2/c1-5-10-23(25)12-9-19-18-7-6-16-14-17(24)13-15(2)22(16,4)20(18)8-11-21(19,23)3/h15-16,18-20,25H,5-14H2,1-4H3/t15-,16-,18-,19-,20-,21-,22-,23-/m0/s1. The van der Waals surface area contributed by atoms with E-state index in [1.807, 2.05) is 0 Å². The molecule has 4 rings (SSSR count). The highest BCUT2D eigenvalue weighted by atomic mass is 16.3. The van der Waals surface area contributed by atoms with Crippen LogP contribution in [0, 0.1) is 40.4 Å². The number of Topliss-reactive ketones (excluding diaryl/α,β-unsaturated/α-hetero) is 1. The van der Waals surface area contributed by atoms with Crippen LogP contribution in [0.1, 0.15) is 91.9 Å². The Kier molecular flexibility index (Phi) is 4.19. The number of carbonyl (C=O) groups is 1. The molecule has 0 aliphatic heterocycles. The molecule has 4 saturated carbocycles. The van der Waals surface area contributed by atoms with Crippen LogP contribution in [0.2, 0.25) is 0 Å². The van der Waals surface area contributed by atoms with Crippen molar-refractivity contribution in [2.45, 2.75) is 97.5 Å². The van der Waals surface area contributed by atoms with Crippen molar-refractivity contribution in [1.82, 2.24) is 0 Å². The molecule has 142 valence electrons. The van der Waals surface area contributed by atoms with Gasteiger partial charge >= 0.3 is 0 Å². The lowest BCUT2D eigenvalue weighted by atomic mass is 9.42. The van der Waals surface area contributed by atoms with Crippen molar-refractivity contribution in [2.75, 3.05) is 0 Å². The first kappa shape index (κ1) is 18.0. The molecule has 0 unspecified atom stereocenters. The molecule has 25 heavy (non-hydrogen) atoms. The number of fused-ring (bicyclic) bond motifs is 5. The third kappa shape index (κ3) is 2.28. The summed E-state index contributed by atoms with van der Waals surface area (Å²) in [6, 6.07) is 0. The molecule has 0 radical (unpaired) electrons. The molecule has 1 N–H and O–H groups in total. The van der Waals surface area contributed by atoms with Crippen LogP contribution >= 0.6 is 0 Å². The van der Waals surface area contributed by atoms with E-state index in [0.29, 0.717) is 29.0 Å². The largest absolute Gasteiger partial charge is 0.389 e. The van der Waals surface area contributed by atoms with Gasteiger partial charge in [0.05, 0.1) is 5.60 Å². The maximum Gasteiger partial charge on any atom is 0.133 e. The van der Waals surface area contributed by atoms with Crippen molar-refractivity contribution in [3.8, 4) is 0 Å². The highest BCUT2D eigenvalue weighted by molar-refractivity contribution is 5.80. The van der Waals surface area contributed by atoms with Crippen LogP contribution in [0.25, 0.3) is 0 Å². The Morgan fingerprint density at radius 3 is 2.48 bits per heavy atom. The SMILES string of the molecule is CCC[C@]1(O)CC[C@H]2[C@@H]3CC[C@H]4CC(=O)C[C@H](C)[C@]4(C)[C@H]3CC[C@@]21C. The third-order valence-electron chi connectivity index (χ3n) is 10.0. The first-order chi connectivity index (χ1) is 11.8. The molecule has 0 heterocycles. The summed E-state index contributed by atoms with van der Waals surface area (Å²) in [5.41, 5.74) is 0.0496. The Morgan fingerprint density at radius 2 is 1.76 bits per heavy atom. The summed E-state index contributed by atoms with van der Waals surface area (Å²) >= 11 is 0. The molecule has 0 aromatic heterocycles. The Labute approximate surface area is 154 Å². The predicted octanol–water partition coefficient (Wildman–Crippen LogP) is 5.38. The second-order valence-corrected chi connectivity index (χ2v) is 10.6. The molecule has 8 atom stereocenters. The van der Waals surface area contributed by atoms with Gasteiger partial charge in [0.1, 0.15) is 5.78 Å². The maximum absolute atomic E-state index is 12.2. The summed E-state index contributed by atoms with van der Waals surface area (Å²) in [6.45, 7) is 9.51. The summed E-state index contributed by atoms with van der Waals surface area (Å²) < 4.78 is 0. The molecule has 2 nitrogen and oxygen atoms in total. The molecular weight excluding hydrogens is 308 g/mol. The van der Waals surface area contributed by atoms with Crippen molar-refractivity contribution in [1.29, 1.82) is 0 Å². The molecule has 2 heteroatoms. The van der Waals surface area contributed by atoms with E-state index < -0.39 is 5.60 Å². The van der Waals surface area contributed by atoms with E-state index in [2.05, 4.69) is 27.7 Å². The molecule has 0 bridgehead atoms. The average Bonchev–Trinajstić information content (AvgIpc) is 2.81. The number of rotatable bonds is 2. The van der Waals surface area contributed by atoms with Crippen molar-refractivity contribution < 1.29 is 9.90 Å². The molecule has 4 fully saturated rings. The van der Waals surface area contributed by atoms with Crippen molar-refractivity contribution >= 4 is 5.78 Å². The van der Waals surface area contributed by atoms with Crippen molar-refractivity contribution in [3.05, 3.63) is 0 Å². The Bertz CT molecular complexity index is 556. The zero-order valence-corrected chi connectivity index (χ0v) is 16.8. The van der Waals surface area contributed by atoms with E-state index in [-0.39, 0.29) is 5.41 Å². The van der Waals surface area contributed by atoms with Gasteiger partial charge in [-0.25, -0.2) is 0 Å². The zero-order chi connectivity index (χ0) is 18.0. The number of aliphatic hydroxyl groups is 1. The summed E-state index contributed by atoms with van der Waals surface area (Å²) in [5, 5.41) is 11.5. The summed E-state index contributed by atoms with van der Waals surface area (Å²) in [5.74, 6) is 3.91. The lowest BCUT2D eigenvalue weighted by Gasteiger charge is -2.62. The number of carbonyl (C=O) groups excluding carboxylic acids is 1. The van der Waals surface area contributed by atoms with E-state index in [1.54, 1.807) is 0 Å². The summed E-state index contributed by atoms with van der Waals surface area (Å²) in [4.78, 5) is 12.2. The number of hydrogen-bond donors (Lipinski definition) is 1. The first-order valence-electron chi connectivity index (χ1n) is 11.0. The molecule has 0 amide bonds. The van der Waals surface area contributed by atoms with Gasteiger partial charge in [0, 0.05) is 12.8 Å². The van der Waals surface area contributed by atoms with E-state index >= 15 is 0 Å². The van der Waals surface area contributed by atoms with Gasteiger partial charge in [-0.05, 0) is 85.4 Å². The Morgan fingerprint density at radius 1 is 1.04 bits per heavy atom. The minimum absolute atomic E-state index is 0.126. The van der Waals surface area contributed by atoms with Crippen LogP contribution in [0.15, 0.2) is 0 Å². The van der Waals surface area contributed by atoms with E-state index in [0.717, 1.165) is 43.9 Å². The minimum Gasteiger partial charge on any atom is -0.389 e. The van der Waals surface area contributed by atoms with Crippen LogP contribution in [0.4, 0.5) is 0 Å². The van der Waals surface area contributed by atoms with Crippen molar-refractivity contribution in [3.63, 3.8) is 0 Å². The van der Waals surface area contributed by atoms with Crippen LogP contribution < -0.4 is 0 Å². The zero-order valence-electron chi connectivity index (χ0n) is 16.8.